The number of likely N-dealkylation sites (tertiary alicyclic amines) is 1. The van der Waals surface area contributed by atoms with Crippen molar-refractivity contribution in [3.8, 4) is 11.5 Å². The van der Waals surface area contributed by atoms with E-state index in [0.29, 0.717) is 17.9 Å². The van der Waals surface area contributed by atoms with Crippen LogP contribution in [0.25, 0.3) is 11.5 Å². The lowest BCUT2D eigenvalue weighted by atomic mass is 10.0. The molecule has 3 heterocycles. The van der Waals surface area contributed by atoms with E-state index in [1.165, 1.54) is 22.2 Å². The summed E-state index contributed by atoms with van der Waals surface area (Å²) in [6.45, 7) is 5.72. The number of Topliss-reactive ketones (excluding diaryl/α,β-unsaturated/α-hetero) is 1. The molecule has 1 amide bonds. The first-order valence-corrected chi connectivity index (χ1v) is 8.74. The Bertz CT molecular complexity index is 770. The lowest BCUT2D eigenvalue weighted by molar-refractivity contribution is -0.141. The van der Waals surface area contributed by atoms with Crippen molar-refractivity contribution >= 4 is 11.7 Å². The van der Waals surface area contributed by atoms with Gasteiger partial charge in [-0.3, -0.25) is 9.59 Å². The molecule has 0 saturated carbocycles. The predicted molar refractivity (Wildman–Crippen MR) is 90.8 cm³/mol. The molecule has 1 fully saturated rings. The highest BCUT2D eigenvalue weighted by atomic mass is 16.3. The van der Waals surface area contributed by atoms with Crippen molar-refractivity contribution in [2.45, 2.75) is 51.8 Å². The van der Waals surface area contributed by atoms with Crippen molar-refractivity contribution < 1.29 is 19.1 Å². The van der Waals surface area contributed by atoms with Gasteiger partial charge in [-0.2, -0.15) is 0 Å². The quantitative estimate of drug-likeness (QED) is 0.818. The van der Waals surface area contributed by atoms with Crippen LogP contribution in [0.3, 0.4) is 0 Å². The number of oxazole rings is 1. The fourth-order valence-corrected chi connectivity index (χ4v) is 3.34. The topological polar surface area (TPSA) is 114 Å². The molecule has 26 heavy (non-hydrogen) atoms. The van der Waals surface area contributed by atoms with E-state index in [2.05, 4.69) is 15.3 Å². The molecule has 1 aliphatic rings. The zero-order valence-corrected chi connectivity index (χ0v) is 15.1. The fraction of sp³-hybridized carbons (Fsp3) is 0.588. The molecule has 9 heteroatoms. The molecular formula is C17H23N5O4. The number of carbonyl (C=O) groups is 2. The van der Waals surface area contributed by atoms with Crippen LogP contribution in [0.4, 0.5) is 0 Å². The minimum absolute atomic E-state index is 0.0432. The van der Waals surface area contributed by atoms with Crippen molar-refractivity contribution in [1.29, 1.82) is 0 Å². The zero-order valence-electron chi connectivity index (χ0n) is 15.1. The maximum Gasteiger partial charge on any atom is 0.248 e. The second-order valence-electron chi connectivity index (χ2n) is 6.85. The Labute approximate surface area is 151 Å². The number of nitrogens with zero attached hydrogens (tertiary/aromatic N) is 5. The summed E-state index contributed by atoms with van der Waals surface area (Å²) >= 11 is 0. The summed E-state index contributed by atoms with van der Waals surface area (Å²) in [6.07, 6.45) is 4.37. The van der Waals surface area contributed by atoms with E-state index in [-0.39, 0.29) is 30.6 Å². The van der Waals surface area contributed by atoms with E-state index < -0.39 is 18.2 Å². The van der Waals surface area contributed by atoms with Gasteiger partial charge in [0.05, 0.1) is 24.5 Å². The first kappa shape index (κ1) is 18.2. The molecule has 0 spiro atoms. The molecule has 0 bridgehead atoms. The highest BCUT2D eigenvalue weighted by molar-refractivity contribution is 5.91. The zero-order chi connectivity index (χ0) is 18.8. The van der Waals surface area contributed by atoms with Gasteiger partial charge in [0.1, 0.15) is 11.7 Å². The Hall–Kier alpha value is -2.55. The van der Waals surface area contributed by atoms with E-state index in [4.69, 9.17) is 4.42 Å². The minimum atomic E-state index is -0.687. The van der Waals surface area contributed by atoms with Crippen LogP contribution in [-0.2, 0) is 9.59 Å². The molecule has 1 aliphatic heterocycles. The number of hydrogen-bond acceptors (Lipinski definition) is 7. The van der Waals surface area contributed by atoms with Crippen molar-refractivity contribution in [1.82, 2.24) is 24.9 Å². The number of aliphatic hydroxyl groups excluding tert-OH is 1. The van der Waals surface area contributed by atoms with Crippen molar-refractivity contribution in [2.24, 2.45) is 5.92 Å². The molecule has 0 radical (unpaired) electrons. The SMILES string of the molecule is CCC(=O)[C@@H]1C[C@@H](O)CN1C(=O)[C@H](C(C)C)n1cc(-c2cnco2)nn1. The molecule has 2 aromatic rings. The average Bonchev–Trinajstić information content (AvgIpc) is 3.33. The first-order valence-electron chi connectivity index (χ1n) is 8.74. The van der Waals surface area contributed by atoms with Crippen molar-refractivity contribution in [3.63, 3.8) is 0 Å². The standard InChI is InChI=1S/C17H23N5O4/c1-4-14(24)13-5-11(23)7-21(13)17(25)16(10(2)3)22-8-12(19-20-22)15-6-18-9-26-15/h6,8-11,13,16,23H,4-5,7H2,1-3H3/t11-,13+,16+/m1/s1. The second-order valence-corrected chi connectivity index (χ2v) is 6.85. The molecule has 0 aromatic carbocycles. The number of rotatable bonds is 6. The van der Waals surface area contributed by atoms with Crippen LogP contribution in [0, 0.1) is 5.92 Å². The predicted octanol–water partition coefficient (Wildman–Crippen LogP) is 1.07. The maximum absolute atomic E-state index is 13.2. The minimum Gasteiger partial charge on any atom is -0.442 e. The van der Waals surface area contributed by atoms with Gasteiger partial charge in [-0.1, -0.05) is 26.0 Å². The molecule has 9 nitrogen and oxygen atoms in total. The van der Waals surface area contributed by atoms with Gasteiger partial charge >= 0.3 is 0 Å². The van der Waals surface area contributed by atoms with Gasteiger partial charge in [0.15, 0.2) is 17.9 Å². The van der Waals surface area contributed by atoms with Gasteiger partial charge in [0.2, 0.25) is 5.91 Å². The molecule has 3 rings (SSSR count). The third kappa shape index (κ3) is 3.39. The molecule has 0 aliphatic carbocycles. The number of ketones is 1. The molecule has 1 N–H and O–H groups in total. The fourth-order valence-electron chi connectivity index (χ4n) is 3.34. The van der Waals surface area contributed by atoms with Gasteiger partial charge in [-0.25, -0.2) is 9.67 Å². The summed E-state index contributed by atoms with van der Waals surface area (Å²) in [5.74, 6) is 0.0967. The maximum atomic E-state index is 13.2. The van der Waals surface area contributed by atoms with Gasteiger partial charge in [0, 0.05) is 19.4 Å². The lowest BCUT2D eigenvalue weighted by Gasteiger charge is -2.29. The van der Waals surface area contributed by atoms with Crippen LogP contribution >= 0.6 is 0 Å². The molecular weight excluding hydrogens is 338 g/mol. The summed E-state index contributed by atoms with van der Waals surface area (Å²) in [6, 6.07) is -1.21. The van der Waals surface area contributed by atoms with Gasteiger partial charge < -0.3 is 14.4 Å². The third-order valence-electron chi connectivity index (χ3n) is 4.65. The second kappa shape index (κ2) is 7.36. The molecule has 3 atom stereocenters. The van der Waals surface area contributed by atoms with Crippen molar-refractivity contribution in [3.05, 3.63) is 18.8 Å². The van der Waals surface area contributed by atoms with Gasteiger partial charge in [0.25, 0.3) is 0 Å². The van der Waals surface area contributed by atoms with E-state index >= 15 is 0 Å². The number of aliphatic hydroxyl groups is 1. The van der Waals surface area contributed by atoms with E-state index in [9.17, 15) is 14.7 Å². The Morgan fingerprint density at radius 1 is 1.42 bits per heavy atom. The van der Waals surface area contributed by atoms with Crippen molar-refractivity contribution in [2.75, 3.05) is 6.54 Å². The Morgan fingerprint density at radius 2 is 2.19 bits per heavy atom. The molecule has 0 unspecified atom stereocenters. The Morgan fingerprint density at radius 3 is 2.81 bits per heavy atom. The van der Waals surface area contributed by atoms with Gasteiger partial charge in [-0.15, -0.1) is 5.10 Å². The summed E-state index contributed by atoms with van der Waals surface area (Å²) < 4.78 is 6.70. The van der Waals surface area contributed by atoms with E-state index in [1.54, 1.807) is 13.1 Å². The number of aromatic nitrogens is 4. The van der Waals surface area contributed by atoms with Crippen LogP contribution in [0.5, 0.6) is 0 Å². The van der Waals surface area contributed by atoms with Crippen LogP contribution in [0.15, 0.2) is 23.2 Å². The van der Waals surface area contributed by atoms with E-state index in [0.717, 1.165) is 0 Å². The summed E-state index contributed by atoms with van der Waals surface area (Å²) in [4.78, 5) is 30.7. The summed E-state index contributed by atoms with van der Waals surface area (Å²) in [7, 11) is 0. The number of amides is 1. The van der Waals surface area contributed by atoms with Crippen LogP contribution < -0.4 is 0 Å². The highest BCUT2D eigenvalue weighted by Crippen LogP contribution is 2.28. The highest BCUT2D eigenvalue weighted by Gasteiger charge is 2.41. The number of carbonyl (C=O) groups excluding carboxylic acids is 2. The lowest BCUT2D eigenvalue weighted by Crippen LogP contribution is -2.45. The first-order chi connectivity index (χ1) is 12.4. The average molecular weight is 361 g/mol. The third-order valence-corrected chi connectivity index (χ3v) is 4.65. The smallest absolute Gasteiger partial charge is 0.248 e. The van der Waals surface area contributed by atoms with Crippen LogP contribution in [-0.4, -0.2) is 60.4 Å². The largest absolute Gasteiger partial charge is 0.442 e. The molecule has 140 valence electrons. The molecule has 1 saturated heterocycles. The molecule has 2 aromatic heterocycles. The normalized spacial score (nSPS) is 21.3. The van der Waals surface area contributed by atoms with E-state index in [1.807, 2.05) is 13.8 Å². The monoisotopic (exact) mass is 361 g/mol. The summed E-state index contributed by atoms with van der Waals surface area (Å²) in [5, 5.41) is 18.1. The Kier molecular flexibility index (Phi) is 5.17. The Balaban J connectivity index is 1.88. The van der Waals surface area contributed by atoms with Crippen LogP contribution in [0.2, 0.25) is 0 Å². The number of hydrogen-bond donors (Lipinski definition) is 1. The summed E-state index contributed by atoms with van der Waals surface area (Å²) in [5.41, 5.74) is 0.476. The van der Waals surface area contributed by atoms with Gasteiger partial charge in [-0.05, 0) is 5.92 Å². The number of β-amino-alcohol motifs (C(OH)–C–C–N with tert-alkyl or cyclic N) is 1. The van der Waals surface area contributed by atoms with Crippen LogP contribution in [0.1, 0.15) is 39.7 Å².